The lowest BCUT2D eigenvalue weighted by Crippen LogP contribution is -2.55. The number of hydrogen-bond donors (Lipinski definition) is 3. The Bertz CT molecular complexity index is 1060. The van der Waals surface area contributed by atoms with E-state index in [9.17, 15) is 22.8 Å². The molecule has 0 fully saturated rings. The van der Waals surface area contributed by atoms with Gasteiger partial charge in [0.15, 0.2) is 11.6 Å². The second-order valence-corrected chi connectivity index (χ2v) is 9.09. The summed E-state index contributed by atoms with van der Waals surface area (Å²) < 4.78 is 43.0. The molecule has 0 bridgehead atoms. The molecule has 2 amide bonds. The van der Waals surface area contributed by atoms with Gasteiger partial charge in [-0.25, -0.2) is 18.0 Å². The van der Waals surface area contributed by atoms with E-state index in [4.69, 9.17) is 5.11 Å². The van der Waals surface area contributed by atoms with Crippen LogP contribution in [0.3, 0.4) is 0 Å². The van der Waals surface area contributed by atoms with Crippen molar-refractivity contribution in [3.8, 4) is 11.3 Å². The van der Waals surface area contributed by atoms with Gasteiger partial charge in [0, 0.05) is 31.8 Å². The molecule has 33 heavy (non-hydrogen) atoms. The molecule has 8 nitrogen and oxygen atoms in total. The maximum absolute atomic E-state index is 14.6. The molecule has 1 aliphatic heterocycles. The second-order valence-electron chi connectivity index (χ2n) is 9.09. The average molecular weight is 467 g/mol. The zero-order valence-electron chi connectivity index (χ0n) is 19.0. The fraction of sp³-hybridized carbons (Fsp3) is 0.500. The third kappa shape index (κ3) is 4.97. The highest BCUT2D eigenvalue weighted by molar-refractivity contribution is 5.90. The number of halogens is 3. The molecule has 180 valence electrons. The molecule has 2 aromatic rings. The number of carbonyl (C=O) groups is 2. The van der Waals surface area contributed by atoms with Crippen LogP contribution in [0.4, 0.5) is 23.7 Å². The number of nitrogens with one attached hydrogen (secondary N) is 2. The minimum atomic E-state index is -1.32. The Kier molecular flexibility index (Phi) is 7.01. The highest BCUT2D eigenvalue weighted by Crippen LogP contribution is 2.38. The predicted molar refractivity (Wildman–Crippen MR) is 116 cm³/mol. The smallest absolute Gasteiger partial charge is 0.343 e. The van der Waals surface area contributed by atoms with Gasteiger partial charge in [0.2, 0.25) is 5.91 Å². The van der Waals surface area contributed by atoms with Gasteiger partial charge in [-0.05, 0) is 24.3 Å². The van der Waals surface area contributed by atoms with E-state index in [-0.39, 0.29) is 24.4 Å². The summed E-state index contributed by atoms with van der Waals surface area (Å²) in [5, 5.41) is 18.5. The fourth-order valence-electron chi connectivity index (χ4n) is 3.86. The molecule has 1 aliphatic rings. The van der Waals surface area contributed by atoms with Crippen molar-refractivity contribution in [2.45, 2.75) is 39.7 Å². The molecule has 0 unspecified atom stereocenters. The number of aliphatic hydroxyl groups is 1. The summed E-state index contributed by atoms with van der Waals surface area (Å²) in [7, 11) is 1.74. The van der Waals surface area contributed by atoms with Crippen molar-refractivity contribution in [2.75, 3.05) is 31.6 Å². The molecule has 1 atom stereocenters. The van der Waals surface area contributed by atoms with E-state index in [0.29, 0.717) is 36.8 Å². The summed E-state index contributed by atoms with van der Waals surface area (Å²) in [6.45, 7) is 5.69. The number of hydrogen-bond acceptors (Lipinski definition) is 5. The number of amides is 2. The fourth-order valence-corrected chi connectivity index (χ4v) is 3.86. The Morgan fingerprint density at radius 1 is 1.18 bits per heavy atom. The van der Waals surface area contributed by atoms with Crippen LogP contribution in [0.1, 0.15) is 32.9 Å². The van der Waals surface area contributed by atoms with Gasteiger partial charge >= 0.3 is 6.03 Å². The van der Waals surface area contributed by atoms with E-state index < -0.39 is 40.8 Å². The van der Waals surface area contributed by atoms with E-state index in [1.807, 2.05) is 0 Å². The Hall–Kier alpha value is -3.08. The lowest BCUT2D eigenvalue weighted by atomic mass is 9.86. The Morgan fingerprint density at radius 2 is 1.85 bits per heavy atom. The van der Waals surface area contributed by atoms with Crippen molar-refractivity contribution in [1.29, 1.82) is 0 Å². The van der Waals surface area contributed by atoms with Crippen LogP contribution in [0.15, 0.2) is 12.1 Å². The number of carbonyl (C=O) groups excluding carboxylic acids is 2. The van der Waals surface area contributed by atoms with Crippen molar-refractivity contribution in [1.82, 2.24) is 20.4 Å². The average Bonchev–Trinajstić information content (AvgIpc) is 3.12. The standard InChI is InChI=1S/C22H28F3N5O3/c1-22(2,3)19(20(32)26-7-9-31)27-21(33)30-16-6-5-8-29(4)18(16)17(28-30)12-10-14(24)15(25)11-13(12)23/h10-11,19,31H,5-9H2,1-4H3,(H,26,32)(H,27,33)/t19-/m1/s1. The van der Waals surface area contributed by atoms with Crippen molar-refractivity contribution in [3.05, 3.63) is 35.3 Å². The monoisotopic (exact) mass is 467 g/mol. The molecule has 0 saturated carbocycles. The summed E-state index contributed by atoms with van der Waals surface area (Å²) in [6.07, 6.45) is 1.14. The Morgan fingerprint density at radius 3 is 2.48 bits per heavy atom. The largest absolute Gasteiger partial charge is 0.395 e. The number of nitrogens with zero attached hydrogens (tertiary/aromatic N) is 3. The first-order chi connectivity index (χ1) is 15.5. The van der Waals surface area contributed by atoms with Gasteiger partial charge in [-0.3, -0.25) is 4.79 Å². The summed E-state index contributed by atoms with van der Waals surface area (Å²) in [5.41, 5.74) is -0.00900. The maximum Gasteiger partial charge on any atom is 0.343 e. The summed E-state index contributed by atoms with van der Waals surface area (Å²) >= 11 is 0. The van der Waals surface area contributed by atoms with E-state index in [2.05, 4.69) is 15.7 Å². The number of benzene rings is 1. The molecule has 0 spiro atoms. The number of anilines is 1. The quantitative estimate of drug-likeness (QED) is 0.587. The lowest BCUT2D eigenvalue weighted by molar-refractivity contribution is -0.125. The van der Waals surface area contributed by atoms with Crippen LogP contribution in [0.25, 0.3) is 11.3 Å². The third-order valence-corrected chi connectivity index (χ3v) is 5.51. The summed E-state index contributed by atoms with van der Waals surface area (Å²) in [4.78, 5) is 27.6. The van der Waals surface area contributed by atoms with E-state index in [1.54, 1.807) is 32.7 Å². The molecule has 3 rings (SSSR count). The first kappa shape index (κ1) is 24.6. The van der Waals surface area contributed by atoms with E-state index >= 15 is 0 Å². The van der Waals surface area contributed by atoms with Gasteiger partial charge in [0.1, 0.15) is 17.6 Å². The highest BCUT2D eigenvalue weighted by atomic mass is 19.2. The molecule has 0 saturated heterocycles. The first-order valence-corrected chi connectivity index (χ1v) is 10.6. The summed E-state index contributed by atoms with van der Waals surface area (Å²) in [6, 6.07) is -0.505. The van der Waals surface area contributed by atoms with Crippen LogP contribution in [0.5, 0.6) is 0 Å². The van der Waals surface area contributed by atoms with Crippen LogP contribution >= 0.6 is 0 Å². The molecule has 2 heterocycles. The van der Waals surface area contributed by atoms with Gasteiger partial charge in [-0.2, -0.15) is 9.78 Å². The van der Waals surface area contributed by atoms with Crippen LogP contribution in [0, 0.1) is 22.9 Å². The zero-order chi connectivity index (χ0) is 24.5. The molecule has 1 aromatic heterocycles. The number of rotatable bonds is 5. The number of fused-ring (bicyclic) bond motifs is 1. The van der Waals surface area contributed by atoms with Crippen LogP contribution < -0.4 is 15.5 Å². The molecule has 11 heteroatoms. The van der Waals surface area contributed by atoms with Crippen LogP contribution in [0.2, 0.25) is 0 Å². The summed E-state index contributed by atoms with van der Waals surface area (Å²) in [5.74, 6) is -4.03. The topological polar surface area (TPSA) is 99.5 Å². The van der Waals surface area contributed by atoms with E-state index in [1.165, 1.54) is 0 Å². The van der Waals surface area contributed by atoms with Gasteiger partial charge in [0.25, 0.3) is 0 Å². The van der Waals surface area contributed by atoms with Crippen LogP contribution in [-0.2, 0) is 11.2 Å². The minimum absolute atomic E-state index is 0.00999. The Balaban J connectivity index is 2.05. The number of aromatic nitrogens is 2. The predicted octanol–water partition coefficient (Wildman–Crippen LogP) is 2.43. The van der Waals surface area contributed by atoms with Crippen molar-refractivity contribution < 1.29 is 27.9 Å². The SMILES string of the molecule is CN1CCCc2c1c(-c1cc(F)c(F)cc1F)nn2C(=O)N[C@H](C(=O)NCCO)C(C)(C)C. The molecule has 1 aromatic carbocycles. The minimum Gasteiger partial charge on any atom is -0.395 e. The number of aliphatic hydroxyl groups excluding tert-OH is 1. The van der Waals surface area contributed by atoms with Gasteiger partial charge in [0.05, 0.1) is 18.0 Å². The van der Waals surface area contributed by atoms with Crippen molar-refractivity contribution >= 4 is 17.6 Å². The molecular weight excluding hydrogens is 439 g/mol. The molecule has 3 N–H and O–H groups in total. The maximum atomic E-state index is 14.6. The second kappa shape index (κ2) is 9.42. The highest BCUT2D eigenvalue weighted by Gasteiger charge is 2.35. The van der Waals surface area contributed by atoms with E-state index in [0.717, 1.165) is 10.7 Å². The Labute approximate surface area is 189 Å². The first-order valence-electron chi connectivity index (χ1n) is 10.6. The van der Waals surface area contributed by atoms with Gasteiger partial charge in [-0.1, -0.05) is 20.8 Å². The van der Waals surface area contributed by atoms with Crippen LogP contribution in [-0.4, -0.2) is 59.6 Å². The molecule has 0 radical (unpaired) electrons. The molecular formula is C22H28F3N5O3. The third-order valence-electron chi connectivity index (χ3n) is 5.51. The van der Waals surface area contributed by atoms with Crippen molar-refractivity contribution in [2.24, 2.45) is 5.41 Å². The van der Waals surface area contributed by atoms with Gasteiger partial charge < -0.3 is 20.6 Å². The zero-order valence-corrected chi connectivity index (χ0v) is 19.0. The molecule has 0 aliphatic carbocycles. The van der Waals surface area contributed by atoms with Gasteiger partial charge in [-0.15, -0.1) is 0 Å². The van der Waals surface area contributed by atoms with Crippen molar-refractivity contribution in [3.63, 3.8) is 0 Å². The normalized spacial score (nSPS) is 14.6. The lowest BCUT2D eigenvalue weighted by Gasteiger charge is -2.30.